The number of rotatable bonds is 4. The summed E-state index contributed by atoms with van der Waals surface area (Å²) in [6, 6.07) is 7.76. The number of nitrogens with zero attached hydrogens (tertiary/aromatic N) is 2. The molecular weight excluding hydrogens is 383 g/mol. The molecule has 8 heteroatoms. The third kappa shape index (κ3) is 7.20. The van der Waals surface area contributed by atoms with E-state index in [1.165, 1.54) is 37.7 Å². The lowest BCUT2D eigenvalue weighted by atomic mass is 10.2. The van der Waals surface area contributed by atoms with Crippen molar-refractivity contribution in [2.45, 2.75) is 39.4 Å². The Morgan fingerprint density at radius 1 is 1.00 bits per heavy atom. The van der Waals surface area contributed by atoms with Gasteiger partial charge in [-0.3, -0.25) is 9.78 Å². The topological polar surface area (TPSA) is 58.1 Å². The highest BCUT2D eigenvalue weighted by Crippen LogP contribution is 2.44. The summed E-state index contributed by atoms with van der Waals surface area (Å²) in [6.07, 6.45) is -0.245. The van der Waals surface area contributed by atoms with E-state index in [0.29, 0.717) is 6.54 Å². The van der Waals surface area contributed by atoms with Crippen LogP contribution < -0.4 is 11.2 Å². The Balaban J connectivity index is 0.000000215. The van der Waals surface area contributed by atoms with E-state index in [9.17, 15) is 22.8 Å². The van der Waals surface area contributed by atoms with Crippen LogP contribution in [0.3, 0.4) is 0 Å². The van der Waals surface area contributed by atoms with E-state index in [2.05, 4.69) is 9.88 Å². The Morgan fingerprint density at radius 2 is 1.62 bits per heavy atom. The minimum atomic E-state index is -4.21. The van der Waals surface area contributed by atoms with Gasteiger partial charge in [0.25, 0.3) is 5.56 Å². The van der Waals surface area contributed by atoms with E-state index < -0.39 is 11.7 Å². The zero-order valence-corrected chi connectivity index (χ0v) is 16.8. The number of halogens is 3. The van der Waals surface area contributed by atoms with Crippen LogP contribution in [0.1, 0.15) is 32.3 Å². The van der Waals surface area contributed by atoms with Gasteiger partial charge in [-0.1, -0.05) is 44.2 Å². The average molecular weight is 411 g/mol. The highest BCUT2D eigenvalue weighted by Gasteiger charge is 2.44. The quantitative estimate of drug-likeness (QED) is 0.836. The van der Waals surface area contributed by atoms with Gasteiger partial charge in [0.05, 0.1) is 5.56 Å². The molecule has 160 valence electrons. The van der Waals surface area contributed by atoms with Crippen molar-refractivity contribution in [3.8, 4) is 0 Å². The highest BCUT2D eigenvalue weighted by atomic mass is 19.4. The molecule has 1 aliphatic heterocycles. The van der Waals surface area contributed by atoms with Crippen molar-refractivity contribution in [1.29, 1.82) is 0 Å². The minimum absolute atomic E-state index is 0.304. The third-order valence-electron chi connectivity index (χ3n) is 4.93. The Hall–Kier alpha value is -2.35. The molecule has 0 radical (unpaired) electrons. The Bertz CT molecular complexity index is 852. The fourth-order valence-electron chi connectivity index (χ4n) is 3.39. The first-order chi connectivity index (χ1) is 13.8. The molecule has 2 heterocycles. The van der Waals surface area contributed by atoms with Gasteiger partial charge in [-0.25, -0.2) is 4.79 Å². The summed E-state index contributed by atoms with van der Waals surface area (Å²) in [5, 5.41) is 0. The van der Waals surface area contributed by atoms with Gasteiger partial charge in [-0.15, -0.1) is 0 Å². The van der Waals surface area contributed by atoms with Crippen LogP contribution in [-0.2, 0) is 12.7 Å². The molecule has 0 amide bonds. The summed E-state index contributed by atoms with van der Waals surface area (Å²) in [4.78, 5) is 27.1. The SMILES string of the molecule is CC.FC(F)(F)c1ccccc1.O=c1ccn(CCCN2CC3CC3C2)c(=O)[nH]1. The minimum Gasteiger partial charge on any atom is -0.303 e. The summed E-state index contributed by atoms with van der Waals surface area (Å²) in [5.74, 6) is 1.93. The standard InChI is InChI=1S/C12H17N3O2.C7H5F3.C2H6/c16-11-2-5-15(12(17)13-11)4-1-3-14-7-9-6-10(9)8-14;8-7(9,10)6-4-2-1-3-5-6;1-2/h2,5,9-10H,1,3-4,6-8H2,(H,13,16,17);1-5H;1-2H3. The second-order valence-corrected chi connectivity index (χ2v) is 7.04. The summed E-state index contributed by atoms with van der Waals surface area (Å²) >= 11 is 0. The van der Waals surface area contributed by atoms with Gasteiger partial charge in [-0.05, 0) is 31.2 Å². The molecule has 4 rings (SSSR count). The van der Waals surface area contributed by atoms with E-state index in [1.807, 2.05) is 13.8 Å². The van der Waals surface area contributed by atoms with E-state index in [-0.39, 0.29) is 11.2 Å². The lowest BCUT2D eigenvalue weighted by Gasteiger charge is -2.17. The molecule has 2 fully saturated rings. The van der Waals surface area contributed by atoms with Gasteiger partial charge in [0.15, 0.2) is 0 Å². The van der Waals surface area contributed by atoms with Gasteiger partial charge >= 0.3 is 11.9 Å². The number of hydrogen-bond donors (Lipinski definition) is 1. The molecule has 1 aromatic carbocycles. The first-order valence-electron chi connectivity index (χ1n) is 9.97. The van der Waals surface area contributed by atoms with Crippen LogP contribution in [0.4, 0.5) is 13.2 Å². The maximum Gasteiger partial charge on any atom is 0.416 e. The van der Waals surface area contributed by atoms with Crippen molar-refractivity contribution in [2.24, 2.45) is 11.8 Å². The monoisotopic (exact) mass is 411 g/mol. The summed E-state index contributed by atoms with van der Waals surface area (Å²) in [5.41, 5.74) is -1.23. The number of H-pyrrole nitrogens is 1. The van der Waals surface area contributed by atoms with Gasteiger partial charge < -0.3 is 9.47 Å². The van der Waals surface area contributed by atoms with E-state index in [0.717, 1.165) is 36.9 Å². The number of nitrogens with one attached hydrogen (secondary N) is 1. The van der Waals surface area contributed by atoms with Crippen LogP contribution in [0.15, 0.2) is 52.2 Å². The van der Waals surface area contributed by atoms with Crippen LogP contribution in [0, 0.1) is 11.8 Å². The van der Waals surface area contributed by atoms with Crippen molar-refractivity contribution < 1.29 is 13.2 Å². The smallest absolute Gasteiger partial charge is 0.303 e. The van der Waals surface area contributed by atoms with Gasteiger partial charge in [0, 0.05) is 31.9 Å². The second-order valence-electron chi connectivity index (χ2n) is 7.04. The zero-order valence-electron chi connectivity index (χ0n) is 16.8. The molecule has 2 aromatic rings. The highest BCUT2D eigenvalue weighted by molar-refractivity contribution is 5.17. The number of likely N-dealkylation sites (tertiary alicyclic amines) is 1. The number of aromatic amines is 1. The van der Waals surface area contributed by atoms with Gasteiger partial charge in [-0.2, -0.15) is 13.2 Å². The maximum atomic E-state index is 11.8. The molecule has 2 unspecified atom stereocenters. The van der Waals surface area contributed by atoms with Crippen molar-refractivity contribution in [3.63, 3.8) is 0 Å². The molecule has 1 aliphatic carbocycles. The fourth-order valence-corrected chi connectivity index (χ4v) is 3.39. The van der Waals surface area contributed by atoms with Crippen molar-refractivity contribution in [2.75, 3.05) is 19.6 Å². The van der Waals surface area contributed by atoms with E-state index in [4.69, 9.17) is 0 Å². The van der Waals surface area contributed by atoms with E-state index >= 15 is 0 Å². The Morgan fingerprint density at radius 3 is 2.14 bits per heavy atom. The molecule has 0 bridgehead atoms. The Labute approximate surface area is 168 Å². The molecule has 5 nitrogen and oxygen atoms in total. The van der Waals surface area contributed by atoms with Crippen LogP contribution in [0.25, 0.3) is 0 Å². The predicted molar refractivity (Wildman–Crippen MR) is 107 cm³/mol. The van der Waals surface area contributed by atoms with Gasteiger partial charge in [0.1, 0.15) is 0 Å². The van der Waals surface area contributed by atoms with Gasteiger partial charge in [0.2, 0.25) is 0 Å². The second kappa shape index (κ2) is 10.4. The van der Waals surface area contributed by atoms with Crippen molar-refractivity contribution >= 4 is 0 Å². The zero-order chi connectivity index (χ0) is 21.4. The summed E-state index contributed by atoms with van der Waals surface area (Å²) < 4.78 is 36.9. The lowest BCUT2D eigenvalue weighted by molar-refractivity contribution is -0.137. The molecule has 29 heavy (non-hydrogen) atoms. The normalized spacial score (nSPS) is 20.0. The number of hydrogen-bond acceptors (Lipinski definition) is 3. The molecular formula is C21H28F3N3O2. The first-order valence-corrected chi connectivity index (χ1v) is 9.97. The molecule has 1 aromatic heterocycles. The molecule has 2 atom stereocenters. The number of aryl methyl sites for hydroxylation is 1. The predicted octanol–water partition coefficient (Wildman–Crippen LogP) is 3.61. The van der Waals surface area contributed by atoms with Crippen LogP contribution in [0.2, 0.25) is 0 Å². The Kier molecular flexibility index (Phi) is 8.25. The first kappa shape index (κ1) is 22.9. The summed E-state index contributed by atoms with van der Waals surface area (Å²) in [6.45, 7) is 8.22. The largest absolute Gasteiger partial charge is 0.416 e. The number of aromatic nitrogens is 2. The van der Waals surface area contributed by atoms with Crippen LogP contribution in [0.5, 0.6) is 0 Å². The van der Waals surface area contributed by atoms with Crippen molar-refractivity contribution in [1.82, 2.24) is 14.5 Å². The number of benzene rings is 1. The van der Waals surface area contributed by atoms with Crippen molar-refractivity contribution in [3.05, 3.63) is 69.0 Å². The third-order valence-corrected chi connectivity index (χ3v) is 4.93. The number of fused-ring (bicyclic) bond motifs is 1. The maximum absolute atomic E-state index is 11.8. The summed E-state index contributed by atoms with van der Waals surface area (Å²) in [7, 11) is 0. The van der Waals surface area contributed by atoms with E-state index in [1.54, 1.807) is 16.8 Å². The lowest BCUT2D eigenvalue weighted by Crippen LogP contribution is -2.30. The van der Waals surface area contributed by atoms with Crippen LogP contribution in [-0.4, -0.2) is 34.1 Å². The molecule has 2 aliphatic rings. The fraction of sp³-hybridized carbons (Fsp3) is 0.524. The van der Waals surface area contributed by atoms with Crippen LogP contribution >= 0.6 is 0 Å². The number of alkyl halides is 3. The molecule has 0 spiro atoms. The average Bonchev–Trinajstić information content (AvgIpc) is 3.31. The molecule has 1 saturated carbocycles. The molecule has 1 saturated heterocycles. The number of piperidine rings is 1. The molecule has 1 N–H and O–H groups in total.